The Morgan fingerprint density at radius 3 is 2.06 bits per heavy atom. The fourth-order valence-electron chi connectivity index (χ4n) is 1.73. The molecule has 0 aliphatic heterocycles. The Balaban J connectivity index is 3.20. The van der Waals surface area contributed by atoms with Crippen LogP contribution in [0.5, 0.6) is 0 Å². The molecule has 2 nitrogen and oxygen atoms in total. The lowest BCUT2D eigenvalue weighted by atomic mass is 10.1. The van der Waals surface area contributed by atoms with E-state index in [4.69, 9.17) is 0 Å². The van der Waals surface area contributed by atoms with Crippen molar-refractivity contribution >= 4 is 5.97 Å². The second-order valence-electron chi connectivity index (χ2n) is 4.65. The quantitative estimate of drug-likeness (QED) is 0.391. The van der Waals surface area contributed by atoms with Crippen LogP contribution < -0.4 is 5.11 Å². The number of carbonyl (C=O) groups is 1. The summed E-state index contributed by atoms with van der Waals surface area (Å²) in [6, 6.07) is 0. The first-order valence-electron chi connectivity index (χ1n) is 7.27. The lowest BCUT2D eigenvalue weighted by molar-refractivity contribution is -0.305. The number of aliphatic carboxylic acids is 1. The number of hydrogen-bond donors (Lipinski definition) is 0. The van der Waals surface area contributed by atoms with E-state index in [-0.39, 0.29) is 6.42 Å². The van der Waals surface area contributed by atoms with E-state index in [1.165, 1.54) is 25.7 Å². The summed E-state index contributed by atoms with van der Waals surface area (Å²) in [7, 11) is 0. The fourth-order valence-corrected chi connectivity index (χ4v) is 1.73. The van der Waals surface area contributed by atoms with Gasteiger partial charge < -0.3 is 9.90 Å². The van der Waals surface area contributed by atoms with Crippen molar-refractivity contribution in [2.75, 3.05) is 0 Å². The topological polar surface area (TPSA) is 40.1 Å². The first kappa shape index (κ1) is 16.9. The van der Waals surface area contributed by atoms with Gasteiger partial charge in [0.05, 0.1) is 0 Å². The first-order chi connectivity index (χ1) is 8.77. The normalized spacial score (nSPS) is 11.6. The van der Waals surface area contributed by atoms with Crippen LogP contribution in [0.3, 0.4) is 0 Å². The van der Waals surface area contributed by atoms with Crippen molar-refractivity contribution in [3.05, 3.63) is 24.3 Å². The van der Waals surface area contributed by atoms with Gasteiger partial charge in [-0.05, 0) is 44.9 Å². The lowest BCUT2D eigenvalue weighted by Gasteiger charge is -1.99. The number of rotatable bonds is 12. The van der Waals surface area contributed by atoms with Crippen molar-refractivity contribution in [2.24, 2.45) is 0 Å². The molecule has 0 aliphatic carbocycles. The molecule has 2 heteroatoms. The summed E-state index contributed by atoms with van der Waals surface area (Å²) in [5.74, 6) is -0.932. The van der Waals surface area contributed by atoms with Crippen LogP contribution in [0, 0.1) is 0 Å². The Hall–Kier alpha value is -1.05. The highest BCUT2D eigenvalue weighted by Gasteiger charge is 1.88. The molecule has 0 rings (SSSR count). The van der Waals surface area contributed by atoms with Gasteiger partial charge in [-0.3, -0.25) is 0 Å². The van der Waals surface area contributed by atoms with Crippen molar-refractivity contribution in [2.45, 2.75) is 71.1 Å². The largest absolute Gasteiger partial charge is 0.550 e. The summed E-state index contributed by atoms with van der Waals surface area (Å²) >= 11 is 0. The fraction of sp³-hybridized carbons (Fsp3) is 0.688. The van der Waals surface area contributed by atoms with Crippen molar-refractivity contribution in [1.29, 1.82) is 0 Å². The van der Waals surface area contributed by atoms with Gasteiger partial charge in [-0.25, -0.2) is 0 Å². The summed E-state index contributed by atoms with van der Waals surface area (Å²) < 4.78 is 0. The molecule has 0 saturated heterocycles. The van der Waals surface area contributed by atoms with Gasteiger partial charge in [0.15, 0.2) is 0 Å². The predicted octanol–water partition coefficient (Wildman–Crippen LogP) is 3.77. The minimum atomic E-state index is -0.932. The van der Waals surface area contributed by atoms with E-state index in [9.17, 15) is 9.90 Å². The lowest BCUT2D eigenvalue weighted by Crippen LogP contribution is -2.21. The molecule has 0 spiro atoms. The molecule has 0 unspecified atom stereocenters. The minimum absolute atomic E-state index is 0.199. The van der Waals surface area contributed by atoms with Crippen molar-refractivity contribution in [3.63, 3.8) is 0 Å². The van der Waals surface area contributed by atoms with Crippen LogP contribution in [-0.2, 0) is 4.79 Å². The molecular formula is C16H27O2-. The van der Waals surface area contributed by atoms with Crippen LogP contribution in [0.2, 0.25) is 0 Å². The Bertz CT molecular complexity index is 241. The maximum atomic E-state index is 10.2. The minimum Gasteiger partial charge on any atom is -0.550 e. The predicted molar refractivity (Wildman–Crippen MR) is 75.1 cm³/mol. The third-order valence-electron chi connectivity index (χ3n) is 2.83. The average Bonchev–Trinajstić information content (AvgIpc) is 2.34. The van der Waals surface area contributed by atoms with Crippen LogP contribution in [-0.4, -0.2) is 5.97 Å². The van der Waals surface area contributed by atoms with Gasteiger partial charge in [0.25, 0.3) is 0 Å². The van der Waals surface area contributed by atoms with Gasteiger partial charge in [0, 0.05) is 5.97 Å². The standard InChI is InChI=1S/C16H28O2/c1-2-3-4-5-6-7-8-9-10-11-12-13-14-15-16(17)18/h6-7,9-10H,2-5,8,11-15H2,1H3,(H,17,18)/p-1/b7-6-,10-9-. The molecule has 18 heavy (non-hydrogen) atoms. The zero-order valence-electron chi connectivity index (χ0n) is 11.7. The second-order valence-corrected chi connectivity index (χ2v) is 4.65. The molecule has 0 atom stereocenters. The molecule has 0 saturated carbocycles. The van der Waals surface area contributed by atoms with Gasteiger partial charge in [-0.2, -0.15) is 0 Å². The van der Waals surface area contributed by atoms with E-state index in [1.54, 1.807) is 0 Å². The van der Waals surface area contributed by atoms with E-state index in [1.807, 2.05) is 0 Å². The highest BCUT2D eigenvalue weighted by molar-refractivity contribution is 5.63. The summed E-state index contributed by atoms with van der Waals surface area (Å²) in [6.45, 7) is 2.22. The van der Waals surface area contributed by atoms with Gasteiger partial charge in [0.2, 0.25) is 0 Å². The number of carboxylic acids is 1. The Morgan fingerprint density at radius 1 is 0.889 bits per heavy atom. The monoisotopic (exact) mass is 251 g/mol. The van der Waals surface area contributed by atoms with Gasteiger partial charge in [-0.15, -0.1) is 0 Å². The number of allylic oxidation sites excluding steroid dienone is 4. The molecular weight excluding hydrogens is 224 g/mol. The van der Waals surface area contributed by atoms with E-state index in [2.05, 4.69) is 31.2 Å². The molecule has 0 amide bonds. The van der Waals surface area contributed by atoms with Crippen LogP contribution in [0.25, 0.3) is 0 Å². The third-order valence-corrected chi connectivity index (χ3v) is 2.83. The van der Waals surface area contributed by atoms with Crippen molar-refractivity contribution in [3.8, 4) is 0 Å². The summed E-state index contributed by atoms with van der Waals surface area (Å²) in [6.07, 6.45) is 19.0. The van der Waals surface area contributed by atoms with Gasteiger partial charge in [-0.1, -0.05) is 50.5 Å². The Kier molecular flexibility index (Phi) is 13.2. The zero-order valence-corrected chi connectivity index (χ0v) is 11.7. The summed E-state index contributed by atoms with van der Waals surface area (Å²) in [5.41, 5.74) is 0. The summed E-state index contributed by atoms with van der Waals surface area (Å²) in [4.78, 5) is 10.2. The molecule has 0 aliphatic rings. The molecule has 0 heterocycles. The molecule has 0 aromatic heterocycles. The smallest absolute Gasteiger partial charge is 0.0414 e. The summed E-state index contributed by atoms with van der Waals surface area (Å²) in [5, 5.41) is 10.2. The SMILES string of the molecule is CCCCC/C=C\C/C=C\CCCCCC(=O)[O-]. The van der Waals surface area contributed by atoms with Crippen LogP contribution >= 0.6 is 0 Å². The van der Waals surface area contributed by atoms with Gasteiger partial charge in [0.1, 0.15) is 0 Å². The number of unbranched alkanes of at least 4 members (excludes halogenated alkanes) is 6. The van der Waals surface area contributed by atoms with Crippen molar-refractivity contribution < 1.29 is 9.90 Å². The Labute approximate surface area is 112 Å². The van der Waals surface area contributed by atoms with E-state index in [0.717, 1.165) is 32.1 Å². The number of carboxylic acid groups (broad SMARTS) is 1. The molecule has 0 aromatic carbocycles. The van der Waals surface area contributed by atoms with E-state index < -0.39 is 5.97 Å². The van der Waals surface area contributed by atoms with Crippen LogP contribution in [0.4, 0.5) is 0 Å². The van der Waals surface area contributed by atoms with Crippen molar-refractivity contribution in [1.82, 2.24) is 0 Å². The molecule has 104 valence electrons. The zero-order chi connectivity index (χ0) is 13.5. The molecule has 0 N–H and O–H groups in total. The molecule has 0 bridgehead atoms. The van der Waals surface area contributed by atoms with Crippen LogP contribution in [0.15, 0.2) is 24.3 Å². The number of carbonyl (C=O) groups excluding carboxylic acids is 1. The highest BCUT2D eigenvalue weighted by atomic mass is 16.4. The number of hydrogen-bond acceptors (Lipinski definition) is 2. The average molecular weight is 251 g/mol. The Morgan fingerprint density at radius 2 is 1.50 bits per heavy atom. The maximum absolute atomic E-state index is 10.2. The molecule has 0 fully saturated rings. The van der Waals surface area contributed by atoms with E-state index in [0.29, 0.717) is 0 Å². The van der Waals surface area contributed by atoms with Gasteiger partial charge >= 0.3 is 0 Å². The van der Waals surface area contributed by atoms with E-state index >= 15 is 0 Å². The molecule has 0 aromatic rings. The highest BCUT2D eigenvalue weighted by Crippen LogP contribution is 2.04. The van der Waals surface area contributed by atoms with Crippen LogP contribution in [0.1, 0.15) is 71.1 Å². The first-order valence-corrected chi connectivity index (χ1v) is 7.27. The second kappa shape index (κ2) is 14.0. The molecule has 0 radical (unpaired) electrons. The maximum Gasteiger partial charge on any atom is 0.0414 e. The third kappa shape index (κ3) is 14.9.